The third kappa shape index (κ3) is 6.06. The van der Waals surface area contributed by atoms with Gasteiger partial charge in [-0.25, -0.2) is 0 Å². The molecule has 1 aliphatic rings. The summed E-state index contributed by atoms with van der Waals surface area (Å²) >= 11 is 0. The van der Waals surface area contributed by atoms with Crippen LogP contribution in [0.15, 0.2) is 144 Å². The van der Waals surface area contributed by atoms with Crippen molar-refractivity contribution in [2.24, 2.45) is 0 Å². The molecule has 0 aliphatic heterocycles. The summed E-state index contributed by atoms with van der Waals surface area (Å²) in [5.74, 6) is 0. The van der Waals surface area contributed by atoms with Crippen LogP contribution in [-0.4, -0.2) is 22.2 Å². The van der Waals surface area contributed by atoms with E-state index in [1.54, 1.807) is 10.7 Å². The van der Waals surface area contributed by atoms with Crippen LogP contribution in [0, 0.1) is 0 Å². The van der Waals surface area contributed by atoms with E-state index in [0.717, 1.165) is 6.42 Å². The van der Waals surface area contributed by atoms with Crippen molar-refractivity contribution < 1.29 is 40.6 Å². The second-order valence-corrected chi connectivity index (χ2v) is 12.5. The maximum atomic E-state index is 2.54. The molecule has 0 fully saturated rings. The maximum absolute atomic E-state index is 2.54. The zero-order valence-corrected chi connectivity index (χ0v) is 23.2. The Morgan fingerprint density at radius 1 is 0.528 bits per heavy atom. The van der Waals surface area contributed by atoms with Gasteiger partial charge >= 0.3 is 37.7 Å². The molecule has 5 heteroatoms. The zero-order chi connectivity index (χ0) is 23.3. The van der Waals surface area contributed by atoms with Crippen LogP contribution in [0.2, 0.25) is 13.1 Å². The van der Waals surface area contributed by atoms with E-state index in [9.17, 15) is 0 Å². The van der Waals surface area contributed by atoms with E-state index in [2.05, 4.69) is 140 Å². The molecule has 0 spiro atoms. The molecule has 36 heavy (non-hydrogen) atoms. The van der Waals surface area contributed by atoms with Gasteiger partial charge in [0.2, 0.25) is 13.4 Å². The van der Waals surface area contributed by atoms with Crippen LogP contribution in [-0.2, 0) is 0 Å². The van der Waals surface area contributed by atoms with E-state index >= 15 is 0 Å². The van der Waals surface area contributed by atoms with Gasteiger partial charge in [-0.2, -0.15) is 0 Å². The number of benzene rings is 4. The van der Waals surface area contributed by atoms with Crippen LogP contribution >= 0.6 is 0 Å². The first kappa shape index (κ1) is 28.5. The van der Waals surface area contributed by atoms with E-state index in [4.69, 9.17) is 0 Å². The molecule has 0 amide bonds. The molecule has 4 aromatic carbocycles. The Hall–Kier alpha value is -2.10. The van der Waals surface area contributed by atoms with Crippen molar-refractivity contribution in [3.63, 3.8) is 0 Å². The second kappa shape index (κ2) is 13.4. The molecule has 0 aromatic heterocycles. The van der Waals surface area contributed by atoms with Crippen molar-refractivity contribution in [1.29, 1.82) is 0 Å². The molecule has 168 valence electrons. The molecule has 0 N–H and O–H groups in total. The van der Waals surface area contributed by atoms with Gasteiger partial charge < -0.3 is 2.85 Å². The van der Waals surface area contributed by atoms with E-state index in [1.807, 2.05) is 0 Å². The first-order valence-electron chi connectivity index (χ1n) is 12.4. The minimum absolute atomic E-state index is 0. The van der Waals surface area contributed by atoms with Gasteiger partial charge in [0.25, 0.3) is 0 Å². The molecule has 5 rings (SSSR count). The molecule has 0 nitrogen and oxygen atoms in total. The van der Waals surface area contributed by atoms with Gasteiger partial charge in [0.1, 0.15) is 0 Å². The summed E-state index contributed by atoms with van der Waals surface area (Å²) < 4.78 is 0. The molecule has 0 bridgehead atoms. The molecular weight excluding hydrogens is 436 g/mol. The Bertz CT molecular complexity index is 1220. The van der Waals surface area contributed by atoms with Crippen LogP contribution in [0.5, 0.6) is 0 Å². The molecule has 0 saturated heterocycles. The fourth-order valence-corrected chi connectivity index (χ4v) is 7.00. The average molecular weight is 468 g/mol. The molecule has 0 heterocycles. The van der Waals surface area contributed by atoms with Crippen LogP contribution in [0.4, 0.5) is 0 Å². The topological polar surface area (TPSA) is 0 Å². The summed E-state index contributed by atoms with van der Waals surface area (Å²) in [6, 6.07) is 44.3. The van der Waals surface area contributed by atoms with Crippen molar-refractivity contribution in [1.82, 2.24) is 0 Å². The van der Waals surface area contributed by atoms with Crippen molar-refractivity contribution >= 4 is 44.1 Å². The number of hydrogen-bond acceptors (Lipinski definition) is 0. The van der Waals surface area contributed by atoms with Gasteiger partial charge in [-0.15, -0.1) is 0 Å². The largest absolute Gasteiger partial charge is 1.00 e. The monoisotopic (exact) mass is 468 g/mol. The fourth-order valence-electron chi connectivity index (χ4n) is 5.46. The van der Waals surface area contributed by atoms with Crippen LogP contribution in [0.1, 0.15) is 9.27 Å². The number of hydrogen-bond donors (Lipinski definition) is 0. The van der Waals surface area contributed by atoms with Gasteiger partial charge in [0, 0.05) is 0 Å². The molecule has 4 aromatic rings. The zero-order valence-electron chi connectivity index (χ0n) is 24.1. The van der Waals surface area contributed by atoms with Crippen molar-refractivity contribution in [2.45, 2.75) is 19.5 Å². The van der Waals surface area contributed by atoms with E-state index in [1.165, 1.54) is 27.3 Å². The number of allylic oxidation sites excluding steroid dienone is 4. The Balaban J connectivity index is 0.00000180. The quantitative estimate of drug-likeness (QED) is 0.292. The molecular formula is C31H32B2Li2Si. The Kier molecular flexibility index (Phi) is 10.6. The van der Waals surface area contributed by atoms with E-state index in [-0.39, 0.29) is 54.0 Å². The van der Waals surface area contributed by atoms with E-state index in [0.29, 0.717) is 0 Å². The minimum atomic E-state index is -1.02. The van der Waals surface area contributed by atoms with Gasteiger partial charge in [-0.05, 0) is 6.42 Å². The Labute approximate surface area is 246 Å². The standard InChI is InChI=1S/C31H30B2Si.2Li.2H/c1-34(2)30-24-23-29(32(25-15-7-3-8-16-25)26-17-9-4-10-18-26)31(30)33(27-19-11-5-12-20-27)28-21-13-6-14-22-28;;;;/h3-23,34H,24H2,1-2H3;;;;/q;2*+1;2*-1. The summed E-state index contributed by atoms with van der Waals surface area (Å²) in [6.07, 6.45) is 3.63. The van der Waals surface area contributed by atoms with Gasteiger partial charge in [0.05, 0.1) is 8.80 Å². The third-order valence-electron chi connectivity index (χ3n) is 7.03. The van der Waals surface area contributed by atoms with Crippen molar-refractivity contribution in [3.8, 4) is 0 Å². The van der Waals surface area contributed by atoms with Gasteiger partial charge in [-0.3, -0.25) is 0 Å². The minimum Gasteiger partial charge on any atom is -1.00 e. The number of rotatable bonds is 7. The summed E-state index contributed by atoms with van der Waals surface area (Å²) in [5, 5.41) is 1.70. The maximum Gasteiger partial charge on any atom is 1.00 e. The molecule has 0 saturated carbocycles. The van der Waals surface area contributed by atoms with Gasteiger partial charge in [0.15, 0.2) is 0 Å². The molecule has 0 atom stereocenters. The molecule has 1 aliphatic carbocycles. The summed E-state index contributed by atoms with van der Waals surface area (Å²) in [5.41, 5.74) is 8.54. The fraction of sp³-hybridized carbons (Fsp3) is 0.0968. The predicted octanol–water partition coefficient (Wildman–Crippen LogP) is -1.43. The summed E-state index contributed by atoms with van der Waals surface area (Å²) in [6.45, 7) is 5.45. The summed E-state index contributed by atoms with van der Waals surface area (Å²) in [4.78, 5) is 0. The van der Waals surface area contributed by atoms with Gasteiger partial charge in [-0.1, -0.05) is 178 Å². The van der Waals surface area contributed by atoms with Crippen molar-refractivity contribution in [2.75, 3.05) is 0 Å². The SMILES string of the molecule is C[SiH](C)C1=C(B(c2ccccc2)c2ccccc2)C(B(c2ccccc2)c2ccccc2)=CC1.[H-].[H-].[Li+].[Li+]. The first-order valence-corrected chi connectivity index (χ1v) is 15.3. The second-order valence-electron chi connectivity index (χ2n) is 9.47. The van der Waals surface area contributed by atoms with Crippen molar-refractivity contribution in [3.05, 3.63) is 144 Å². The molecule has 0 unspecified atom stereocenters. The average Bonchev–Trinajstić information content (AvgIpc) is 3.31. The van der Waals surface area contributed by atoms with E-state index < -0.39 is 8.80 Å². The first-order chi connectivity index (χ1) is 16.7. The van der Waals surface area contributed by atoms with Crippen LogP contribution < -0.4 is 59.6 Å². The Morgan fingerprint density at radius 2 is 0.861 bits per heavy atom. The molecule has 0 radical (unpaired) electrons. The summed E-state index contributed by atoms with van der Waals surface area (Å²) in [7, 11) is -1.02. The van der Waals surface area contributed by atoms with Crippen LogP contribution in [0.3, 0.4) is 0 Å². The van der Waals surface area contributed by atoms with Crippen LogP contribution in [0.25, 0.3) is 0 Å². The third-order valence-corrected chi connectivity index (χ3v) is 8.97. The Morgan fingerprint density at radius 3 is 1.19 bits per heavy atom. The predicted molar refractivity (Wildman–Crippen MR) is 157 cm³/mol. The normalized spacial score (nSPS) is 12.5. The smallest absolute Gasteiger partial charge is 1.00 e.